The van der Waals surface area contributed by atoms with E-state index in [-0.39, 0.29) is 176 Å². The lowest BCUT2D eigenvalue weighted by Gasteiger charge is -1.98. The van der Waals surface area contributed by atoms with Gasteiger partial charge in [0.05, 0.1) is 68.2 Å². The van der Waals surface area contributed by atoms with E-state index >= 15 is 0 Å². The fourth-order valence-corrected chi connectivity index (χ4v) is 7.08. The van der Waals surface area contributed by atoms with Crippen molar-refractivity contribution in [3.05, 3.63) is 146 Å². The molecular formula is C60H108N60O6. The van der Waals surface area contributed by atoms with E-state index in [1.165, 1.54) is 0 Å². The predicted molar refractivity (Wildman–Crippen MR) is 505 cm³/mol. The highest BCUT2D eigenvalue weighted by Crippen LogP contribution is 2.24. The monoisotopic (exact) mass is 1760 g/mol. The van der Waals surface area contributed by atoms with E-state index in [0.717, 1.165) is 0 Å². The normalized spacial score (nSPS) is 11.2. The summed E-state index contributed by atoms with van der Waals surface area (Å²) >= 11 is 0. The van der Waals surface area contributed by atoms with Gasteiger partial charge in [0.2, 0.25) is 71.5 Å². The van der Waals surface area contributed by atoms with E-state index < -0.39 is 0 Å². The Bertz CT molecular complexity index is 3990. The summed E-state index contributed by atoms with van der Waals surface area (Å²) in [7, 11) is 0. The maximum Gasteiger partial charge on any atom is 0.223 e. The van der Waals surface area contributed by atoms with Crippen molar-refractivity contribution in [2.24, 2.45) is 326 Å². The molecule has 6 aromatic rings. The fourth-order valence-electron chi connectivity index (χ4n) is 7.08. The molecule has 0 spiro atoms. The van der Waals surface area contributed by atoms with Gasteiger partial charge in [-0.15, -0.1) is 0 Å². The predicted octanol–water partition coefficient (Wildman–Crippen LogP) is -16.2. The summed E-state index contributed by atoms with van der Waals surface area (Å²) < 4.78 is 0. The van der Waals surface area contributed by atoms with Crippen LogP contribution in [0.3, 0.4) is 0 Å². The Labute approximate surface area is 713 Å². The SMILES string of the molecule is NC(N)=NC(N)=Nc1ccc(N=C(N)N=C(N)N)cc1.NC(N)=NC(N)=Nc1ccc(N=C(N)N=C(N)N)cc1.NC(N)=NC(N)=Nc1ccc(N=C(N)N=C(N)N)cc1.NC(N)=NC(N)=Nc1ccc(N=C(N)N=C(N)N)cc1.NC(N)=NC(N)=Nc1ccc(N=C(N)N=C(N)N)cc1.NC(N)=NC(N)=Nc1ccc(N=C(N)N=C(N)N)cc1.O.O.O.O.O.O. The fraction of sp³-hybridized carbons (Fsp3) is 0. The smallest absolute Gasteiger partial charge is 0.223 e. The highest BCUT2D eigenvalue weighted by molar-refractivity contribution is 6.01. The van der Waals surface area contributed by atoms with Crippen molar-refractivity contribution in [2.45, 2.75) is 0 Å². The van der Waals surface area contributed by atoms with Gasteiger partial charge in [-0.2, -0.15) is 59.9 Å². The Morgan fingerprint density at radius 3 is 0.190 bits per heavy atom. The second kappa shape index (κ2) is 61.4. The minimum absolute atomic E-state index is 0. The summed E-state index contributed by atoms with van der Waals surface area (Å²) in [4.78, 5) is 90.6. The van der Waals surface area contributed by atoms with Crippen molar-refractivity contribution in [1.29, 1.82) is 0 Å². The molecule has 0 radical (unpaired) electrons. The first kappa shape index (κ1) is 117. The molecule has 0 aliphatic rings. The molecule has 0 unspecified atom stereocenters. The van der Waals surface area contributed by atoms with Crippen LogP contribution in [0.1, 0.15) is 0 Å². The van der Waals surface area contributed by atoms with Crippen molar-refractivity contribution >= 4 is 211 Å². The molecule has 6 aromatic carbocycles. The number of guanidine groups is 24. The Kier molecular flexibility index (Phi) is 56.9. The molecule has 126 heavy (non-hydrogen) atoms. The molecule has 84 N–H and O–H groups in total. The topological polar surface area (TPSA) is 1420 Å². The lowest BCUT2D eigenvalue weighted by atomic mass is 10.3. The number of hydrogen-bond acceptors (Lipinski definition) is 12. The number of aliphatic imine (C=N–C) groups is 24. The lowest BCUT2D eigenvalue weighted by molar-refractivity contribution is 0.823. The number of nitrogens with two attached hydrogens (primary N) is 36. The molecule has 66 nitrogen and oxygen atoms in total. The quantitative estimate of drug-likeness (QED) is 0.0400. The van der Waals surface area contributed by atoms with Crippen molar-refractivity contribution in [3.8, 4) is 0 Å². The molecule has 0 bridgehead atoms. The van der Waals surface area contributed by atoms with Crippen molar-refractivity contribution < 1.29 is 32.9 Å². The largest absolute Gasteiger partial charge is 0.412 e. The van der Waals surface area contributed by atoms with Gasteiger partial charge in [0.25, 0.3) is 0 Å². The minimum Gasteiger partial charge on any atom is -0.412 e. The summed E-state index contributed by atoms with van der Waals surface area (Å²) in [5, 5.41) is 0. The molecule has 0 aliphatic carbocycles. The van der Waals surface area contributed by atoms with Gasteiger partial charge in [0.1, 0.15) is 0 Å². The summed E-state index contributed by atoms with van der Waals surface area (Å²) in [6, 6.07) is 39.6. The van der Waals surface area contributed by atoms with Gasteiger partial charge in [-0.05, 0) is 146 Å². The summed E-state index contributed by atoms with van der Waals surface area (Å²) in [6.07, 6.45) is 0. The van der Waals surface area contributed by atoms with E-state index in [1.807, 2.05) is 0 Å². The van der Waals surface area contributed by atoms with Crippen molar-refractivity contribution in [2.75, 3.05) is 0 Å². The van der Waals surface area contributed by atoms with Gasteiger partial charge in [-0.25, -0.2) is 59.9 Å². The van der Waals surface area contributed by atoms with Crippen LogP contribution in [0.2, 0.25) is 0 Å². The summed E-state index contributed by atoms with van der Waals surface area (Å²) in [6.45, 7) is 0. The molecule has 0 heterocycles. The van der Waals surface area contributed by atoms with E-state index in [1.54, 1.807) is 146 Å². The van der Waals surface area contributed by atoms with Gasteiger partial charge >= 0.3 is 0 Å². The highest BCUT2D eigenvalue weighted by Gasteiger charge is 2.04. The molecule has 684 valence electrons. The summed E-state index contributed by atoms with van der Waals surface area (Å²) in [5.41, 5.74) is 196. The van der Waals surface area contributed by atoms with Gasteiger partial charge < -0.3 is 239 Å². The first-order chi connectivity index (χ1) is 56.2. The van der Waals surface area contributed by atoms with Gasteiger partial charge in [-0.3, -0.25) is 0 Å². The zero-order valence-electron chi connectivity index (χ0n) is 66.4. The zero-order chi connectivity index (χ0) is 90.7. The third-order valence-corrected chi connectivity index (χ3v) is 10.9. The molecule has 0 fully saturated rings. The molecule has 0 atom stereocenters. The van der Waals surface area contributed by atoms with E-state index in [4.69, 9.17) is 206 Å². The van der Waals surface area contributed by atoms with E-state index in [9.17, 15) is 0 Å². The van der Waals surface area contributed by atoms with Crippen molar-refractivity contribution in [1.82, 2.24) is 0 Å². The van der Waals surface area contributed by atoms with Crippen LogP contribution in [0.25, 0.3) is 0 Å². The Morgan fingerprint density at radius 2 is 0.151 bits per heavy atom. The molecule has 6 rings (SSSR count). The van der Waals surface area contributed by atoms with Gasteiger partial charge in [0, 0.05) is 0 Å². The maximum absolute atomic E-state index is 5.49. The van der Waals surface area contributed by atoms with Gasteiger partial charge in [0.15, 0.2) is 71.5 Å². The highest BCUT2D eigenvalue weighted by atomic mass is 16.0. The van der Waals surface area contributed by atoms with Crippen LogP contribution >= 0.6 is 0 Å². The maximum atomic E-state index is 5.49. The van der Waals surface area contributed by atoms with Crippen LogP contribution in [-0.4, -0.2) is 176 Å². The number of rotatable bonds is 12. The molecule has 66 heteroatoms. The minimum atomic E-state index is -0.169. The standard InChI is InChI=1S/6C10H16N10.6H2O/c6*11-7(12)19-9(15)17-5-1-2-6(4-3-5)18-10(16)20-8(13)14;;;;;;/h6*1-4H,(H6,11,12,15,17,19)(H6,13,14,16,18,20);6*1H2. The number of nitrogens with zero attached hydrogens (tertiary/aromatic N) is 24. The van der Waals surface area contributed by atoms with Crippen LogP contribution in [0, 0.1) is 0 Å². The van der Waals surface area contributed by atoms with E-state index in [2.05, 4.69) is 120 Å². The number of hydrogen-bond donors (Lipinski definition) is 36. The molecular weight excluding hydrogens is 1660 g/mol. The first-order valence-corrected chi connectivity index (χ1v) is 32.1. The third-order valence-electron chi connectivity index (χ3n) is 10.9. The lowest BCUT2D eigenvalue weighted by Crippen LogP contribution is -2.26. The second-order valence-electron chi connectivity index (χ2n) is 21.2. The molecule has 0 aliphatic heterocycles. The number of benzene rings is 6. The second-order valence-corrected chi connectivity index (χ2v) is 21.2. The zero-order valence-corrected chi connectivity index (χ0v) is 66.4. The molecule has 0 saturated carbocycles. The molecule has 0 amide bonds. The van der Waals surface area contributed by atoms with Crippen LogP contribution in [0.15, 0.2) is 265 Å². The van der Waals surface area contributed by atoms with E-state index in [0.29, 0.717) is 68.2 Å². The molecule has 0 saturated heterocycles. The summed E-state index contributed by atoms with van der Waals surface area (Å²) in [5.74, 6) is -2.68. The van der Waals surface area contributed by atoms with Crippen LogP contribution < -0.4 is 206 Å². The van der Waals surface area contributed by atoms with Crippen LogP contribution in [-0.2, 0) is 0 Å². The van der Waals surface area contributed by atoms with Crippen LogP contribution in [0.5, 0.6) is 0 Å². The molecule has 0 aromatic heterocycles. The first-order valence-electron chi connectivity index (χ1n) is 32.1. The Balaban J connectivity index is -0.000000340. The Morgan fingerprint density at radius 1 is 0.103 bits per heavy atom. The Hall–Kier alpha value is -20.0. The van der Waals surface area contributed by atoms with Gasteiger partial charge in [-0.1, -0.05) is 0 Å². The van der Waals surface area contributed by atoms with Crippen LogP contribution in [0.4, 0.5) is 68.2 Å². The third kappa shape index (κ3) is 59.6. The average molecular weight is 1770 g/mol. The van der Waals surface area contributed by atoms with Crippen molar-refractivity contribution in [3.63, 3.8) is 0 Å². The average Bonchev–Trinajstić information content (AvgIpc) is 0.916.